The van der Waals surface area contributed by atoms with Gasteiger partial charge in [0.1, 0.15) is 24.4 Å². The average Bonchev–Trinajstić information content (AvgIpc) is 3.28. The Morgan fingerprint density at radius 2 is 0.915 bits per heavy atom. The maximum atomic E-state index is 14.0. The third-order valence-corrected chi connectivity index (χ3v) is 15.8. The molecule has 7 nitrogen and oxygen atoms in total. The summed E-state index contributed by atoms with van der Waals surface area (Å²) in [6.45, 7) is 7.99. The van der Waals surface area contributed by atoms with Gasteiger partial charge in [0.2, 0.25) is 0 Å². The molecule has 6 aromatic carbocycles. The van der Waals surface area contributed by atoms with E-state index in [0.29, 0.717) is 12.2 Å². The van der Waals surface area contributed by atoms with Crippen LogP contribution in [-0.2, 0) is 47.9 Å². The van der Waals surface area contributed by atoms with Crippen molar-refractivity contribution in [2.24, 2.45) is 0 Å². The van der Waals surface area contributed by atoms with Crippen LogP contribution >= 0.6 is 0 Å². The maximum absolute atomic E-state index is 14.0. The Morgan fingerprint density at radius 1 is 0.508 bits per heavy atom. The van der Waals surface area contributed by atoms with Crippen LogP contribution < -0.4 is 10.4 Å². The molecule has 0 amide bonds. The first-order valence-corrected chi connectivity index (χ1v) is 22.3. The summed E-state index contributed by atoms with van der Waals surface area (Å²) >= 11 is 0. The second kappa shape index (κ2) is 20.2. The van der Waals surface area contributed by atoms with E-state index in [9.17, 15) is 4.79 Å². The molecule has 0 N–H and O–H groups in total. The summed E-state index contributed by atoms with van der Waals surface area (Å²) in [4.78, 5) is 14.0. The normalized spacial score (nSPS) is 19.5. The lowest BCUT2D eigenvalue weighted by atomic mass is 9.94. The van der Waals surface area contributed by atoms with E-state index >= 15 is 0 Å². The Morgan fingerprint density at radius 3 is 1.39 bits per heavy atom. The van der Waals surface area contributed by atoms with Gasteiger partial charge in [-0.05, 0) is 44.2 Å². The van der Waals surface area contributed by atoms with E-state index in [1.807, 2.05) is 121 Å². The number of hydrogen-bond donors (Lipinski definition) is 0. The molecule has 6 aromatic rings. The third kappa shape index (κ3) is 10.5. The first-order chi connectivity index (χ1) is 28.8. The van der Waals surface area contributed by atoms with Gasteiger partial charge in [0.15, 0.2) is 6.10 Å². The van der Waals surface area contributed by atoms with Crippen LogP contribution in [-0.4, -0.2) is 58.0 Å². The zero-order valence-electron chi connectivity index (χ0n) is 34.1. The Bertz CT molecular complexity index is 2090. The summed E-state index contributed by atoms with van der Waals surface area (Å²) in [5.41, 5.74) is 3.42. The highest BCUT2D eigenvalue weighted by molar-refractivity contribution is 6.99. The minimum atomic E-state index is -3.01. The first kappa shape index (κ1) is 41.9. The van der Waals surface area contributed by atoms with Crippen LogP contribution in [0.5, 0.6) is 0 Å². The molecular weight excluding hydrogens is 753 g/mol. The van der Waals surface area contributed by atoms with Gasteiger partial charge in [0.05, 0.1) is 38.6 Å². The summed E-state index contributed by atoms with van der Waals surface area (Å²) in [7, 11) is -3.01. The highest BCUT2D eigenvalue weighted by Crippen LogP contribution is 2.38. The fourth-order valence-electron chi connectivity index (χ4n) is 7.93. The Balaban J connectivity index is 1.30. The highest BCUT2D eigenvalue weighted by Gasteiger charge is 2.54. The zero-order chi connectivity index (χ0) is 40.9. The standard InChI is InChI=1S/C51H54O7Si/c1-51(2,3)59(43-30-18-8-19-31-43,44-32-20-9-21-33-44)56-38-46-47(54-35-40-24-12-5-13-25-40)49(55-36-41-26-14-6-15-27-41)48(58-50(52)42-28-16-7-17-29-42)45(57-46)37-53-34-39-22-10-4-11-23-39/h4-33,45-49H,34-38H2,1-3H3/t45-,46+,47?,48?,49?/m1/s1. The first-order valence-electron chi connectivity index (χ1n) is 20.4. The number of esters is 1. The Labute approximate surface area is 350 Å². The zero-order valence-corrected chi connectivity index (χ0v) is 35.1. The molecule has 5 atom stereocenters. The van der Waals surface area contributed by atoms with Crippen molar-refractivity contribution in [2.45, 2.75) is 76.1 Å². The van der Waals surface area contributed by atoms with Crippen LogP contribution in [0.3, 0.4) is 0 Å². The lowest BCUT2D eigenvalue weighted by molar-refractivity contribution is -0.264. The van der Waals surface area contributed by atoms with Crippen molar-refractivity contribution in [1.82, 2.24) is 0 Å². The van der Waals surface area contributed by atoms with Gasteiger partial charge in [-0.25, -0.2) is 4.79 Å². The van der Waals surface area contributed by atoms with Gasteiger partial charge in [-0.3, -0.25) is 0 Å². The van der Waals surface area contributed by atoms with Crippen LogP contribution in [0.25, 0.3) is 0 Å². The van der Waals surface area contributed by atoms with E-state index in [1.54, 1.807) is 12.1 Å². The van der Waals surface area contributed by atoms with Crippen LogP contribution in [0.15, 0.2) is 182 Å². The van der Waals surface area contributed by atoms with Crippen molar-refractivity contribution in [3.63, 3.8) is 0 Å². The lowest BCUT2D eigenvalue weighted by Gasteiger charge is -2.48. The summed E-state index contributed by atoms with van der Waals surface area (Å²) in [6.07, 6.45) is -3.74. The van der Waals surface area contributed by atoms with Crippen molar-refractivity contribution in [1.29, 1.82) is 0 Å². The Kier molecular flexibility index (Phi) is 14.3. The third-order valence-electron chi connectivity index (χ3n) is 10.8. The molecule has 3 unspecified atom stereocenters. The van der Waals surface area contributed by atoms with Crippen LogP contribution in [0.1, 0.15) is 47.8 Å². The number of hydrogen-bond acceptors (Lipinski definition) is 7. The van der Waals surface area contributed by atoms with Gasteiger partial charge >= 0.3 is 5.97 Å². The molecule has 1 fully saturated rings. The monoisotopic (exact) mass is 806 g/mol. The van der Waals surface area contributed by atoms with E-state index in [1.165, 1.54) is 0 Å². The molecule has 304 valence electrons. The molecule has 8 heteroatoms. The largest absolute Gasteiger partial charge is 0.453 e. The van der Waals surface area contributed by atoms with E-state index in [0.717, 1.165) is 27.1 Å². The average molecular weight is 807 g/mol. The smallest absolute Gasteiger partial charge is 0.338 e. The molecule has 0 radical (unpaired) electrons. The molecule has 1 aliphatic rings. The molecule has 59 heavy (non-hydrogen) atoms. The molecule has 1 heterocycles. The Hall–Kier alpha value is -5.19. The quantitative estimate of drug-likeness (QED) is 0.0674. The summed E-state index contributed by atoms with van der Waals surface area (Å²) in [5.74, 6) is -0.482. The number of rotatable bonds is 17. The molecule has 1 aliphatic heterocycles. The molecule has 0 bridgehead atoms. The lowest BCUT2D eigenvalue weighted by Crippen LogP contribution is -2.68. The predicted molar refractivity (Wildman–Crippen MR) is 234 cm³/mol. The summed E-state index contributed by atoms with van der Waals surface area (Å²) < 4.78 is 41.4. The van der Waals surface area contributed by atoms with Crippen molar-refractivity contribution in [3.8, 4) is 0 Å². The second-order valence-electron chi connectivity index (χ2n) is 15.9. The minimum absolute atomic E-state index is 0.133. The molecule has 7 rings (SSSR count). The molecular formula is C51H54O7Si. The molecule has 0 spiro atoms. The number of carbonyl (C=O) groups excluding carboxylic acids is 1. The topological polar surface area (TPSA) is 72.5 Å². The van der Waals surface area contributed by atoms with E-state index in [-0.39, 0.29) is 31.5 Å². The van der Waals surface area contributed by atoms with Gasteiger partial charge in [0, 0.05) is 0 Å². The van der Waals surface area contributed by atoms with Crippen LogP contribution in [0, 0.1) is 0 Å². The highest BCUT2D eigenvalue weighted by atomic mass is 28.4. The number of benzene rings is 6. The molecule has 0 aromatic heterocycles. The number of carbonyl (C=O) groups is 1. The second-order valence-corrected chi connectivity index (χ2v) is 20.3. The van der Waals surface area contributed by atoms with Crippen LogP contribution in [0.2, 0.25) is 5.04 Å². The van der Waals surface area contributed by atoms with Gasteiger partial charge in [0.25, 0.3) is 8.32 Å². The van der Waals surface area contributed by atoms with E-state index in [4.69, 9.17) is 28.1 Å². The van der Waals surface area contributed by atoms with Gasteiger partial charge in [-0.1, -0.05) is 191 Å². The van der Waals surface area contributed by atoms with Crippen molar-refractivity contribution in [2.75, 3.05) is 13.2 Å². The van der Waals surface area contributed by atoms with Gasteiger partial charge < -0.3 is 28.1 Å². The maximum Gasteiger partial charge on any atom is 0.338 e. The van der Waals surface area contributed by atoms with E-state index in [2.05, 4.69) is 69.3 Å². The van der Waals surface area contributed by atoms with E-state index < -0.39 is 44.8 Å². The number of ether oxygens (including phenoxy) is 5. The van der Waals surface area contributed by atoms with Crippen molar-refractivity contribution >= 4 is 24.7 Å². The molecule has 0 saturated carbocycles. The van der Waals surface area contributed by atoms with Crippen molar-refractivity contribution < 1.29 is 32.9 Å². The molecule has 1 saturated heterocycles. The minimum Gasteiger partial charge on any atom is -0.453 e. The predicted octanol–water partition coefficient (Wildman–Crippen LogP) is 8.94. The van der Waals surface area contributed by atoms with Gasteiger partial charge in [-0.15, -0.1) is 0 Å². The molecule has 0 aliphatic carbocycles. The summed E-state index contributed by atoms with van der Waals surface area (Å²) in [6, 6.07) is 60.2. The fourth-order valence-corrected chi connectivity index (χ4v) is 12.5. The summed E-state index contributed by atoms with van der Waals surface area (Å²) in [5, 5.41) is 2.04. The fraction of sp³-hybridized carbons (Fsp3) is 0.275. The van der Waals surface area contributed by atoms with Crippen molar-refractivity contribution in [3.05, 3.63) is 204 Å². The SMILES string of the molecule is CC(C)(C)[Si](OC[C@@H]1O[C@H](COCc2ccccc2)C(OC(=O)c2ccccc2)C(OCc2ccccc2)C1OCc1ccccc1)(c1ccccc1)c1ccccc1. The van der Waals surface area contributed by atoms with Crippen LogP contribution in [0.4, 0.5) is 0 Å². The van der Waals surface area contributed by atoms with Gasteiger partial charge in [-0.2, -0.15) is 0 Å².